The maximum atomic E-state index is 12.6. The van der Waals surface area contributed by atoms with Crippen molar-refractivity contribution in [3.05, 3.63) is 69.8 Å². The maximum absolute atomic E-state index is 12.6. The summed E-state index contributed by atoms with van der Waals surface area (Å²) < 4.78 is 6.53. The van der Waals surface area contributed by atoms with E-state index in [0.29, 0.717) is 26.2 Å². The predicted molar refractivity (Wildman–Crippen MR) is 119 cm³/mol. The Kier molecular flexibility index (Phi) is 6.29. The lowest BCUT2D eigenvalue weighted by atomic mass is 10.1. The van der Waals surface area contributed by atoms with Crippen molar-refractivity contribution in [3.8, 4) is 17.0 Å². The van der Waals surface area contributed by atoms with Gasteiger partial charge in [0.25, 0.3) is 5.56 Å². The number of aromatic amines is 1. The van der Waals surface area contributed by atoms with E-state index < -0.39 is 11.2 Å². The number of aromatic nitrogens is 4. The third kappa shape index (κ3) is 4.85. The molecule has 0 spiro atoms. The van der Waals surface area contributed by atoms with E-state index in [2.05, 4.69) is 19.9 Å². The second-order valence-electron chi connectivity index (χ2n) is 7.41. The van der Waals surface area contributed by atoms with Crippen molar-refractivity contribution in [2.45, 2.75) is 13.0 Å². The Hall–Kier alpha value is -3.95. The molecular weight excluding hydrogens is 412 g/mol. The first kappa shape index (κ1) is 21.3. The van der Waals surface area contributed by atoms with Crippen LogP contribution in [0.3, 0.4) is 0 Å². The molecule has 0 radical (unpaired) electrons. The van der Waals surface area contributed by atoms with Crippen LogP contribution in [0.4, 0.5) is 5.82 Å². The third-order valence-corrected chi connectivity index (χ3v) is 5.46. The Balaban J connectivity index is 1.34. The van der Waals surface area contributed by atoms with Crippen molar-refractivity contribution < 1.29 is 9.53 Å². The number of rotatable bonds is 6. The number of hydrogen-bond donors (Lipinski definition) is 1. The van der Waals surface area contributed by atoms with Gasteiger partial charge in [0.2, 0.25) is 5.91 Å². The number of nitrogens with zero attached hydrogens (tertiary/aromatic N) is 5. The number of anilines is 1. The molecule has 166 valence electrons. The SMILES string of the molecule is COc1ccc(-c2cc(N3CCN(C(=O)CCn4ccc(=O)[nH]c4=O)CC3)ncn2)cc1. The number of benzene rings is 1. The number of H-pyrrole nitrogens is 1. The Labute approximate surface area is 184 Å². The van der Waals surface area contributed by atoms with Gasteiger partial charge in [-0.2, -0.15) is 0 Å². The standard InChI is InChI=1S/C22H24N6O4/c1-32-17-4-2-16(3-5-17)18-14-19(24-15-23-18)26-10-12-27(13-11-26)21(30)7-9-28-8-6-20(29)25-22(28)31/h2-6,8,14-15H,7,9-13H2,1H3,(H,25,29,31). The smallest absolute Gasteiger partial charge is 0.328 e. The van der Waals surface area contributed by atoms with Gasteiger partial charge >= 0.3 is 5.69 Å². The Bertz CT molecular complexity index is 1200. The normalized spacial score (nSPS) is 13.8. The van der Waals surface area contributed by atoms with E-state index in [9.17, 15) is 14.4 Å². The molecule has 1 fully saturated rings. The highest BCUT2D eigenvalue weighted by molar-refractivity contribution is 5.76. The molecule has 0 aliphatic carbocycles. The summed E-state index contributed by atoms with van der Waals surface area (Å²) in [5.74, 6) is 1.58. The lowest BCUT2D eigenvalue weighted by molar-refractivity contribution is -0.131. The van der Waals surface area contributed by atoms with Crippen LogP contribution in [0.25, 0.3) is 11.3 Å². The number of carbonyl (C=O) groups excluding carboxylic acids is 1. The second-order valence-corrected chi connectivity index (χ2v) is 7.41. The molecule has 1 aliphatic heterocycles. The molecule has 4 rings (SSSR count). The van der Waals surface area contributed by atoms with Crippen LogP contribution in [-0.2, 0) is 11.3 Å². The fraction of sp³-hybridized carbons (Fsp3) is 0.318. The number of methoxy groups -OCH3 is 1. The number of ether oxygens (including phenoxy) is 1. The first-order valence-electron chi connectivity index (χ1n) is 10.3. The highest BCUT2D eigenvalue weighted by Crippen LogP contribution is 2.23. The molecule has 2 aromatic heterocycles. The van der Waals surface area contributed by atoms with Gasteiger partial charge in [0, 0.05) is 63.0 Å². The molecule has 0 saturated carbocycles. The zero-order chi connectivity index (χ0) is 22.5. The fourth-order valence-corrected chi connectivity index (χ4v) is 3.62. The number of amides is 1. The number of nitrogens with one attached hydrogen (secondary N) is 1. The average molecular weight is 436 g/mol. The number of piperazine rings is 1. The topological polar surface area (TPSA) is 113 Å². The van der Waals surface area contributed by atoms with E-state index in [1.165, 1.54) is 16.8 Å². The molecule has 1 N–H and O–H groups in total. The Morgan fingerprint density at radius 1 is 1.06 bits per heavy atom. The van der Waals surface area contributed by atoms with Crippen molar-refractivity contribution in [2.75, 3.05) is 38.2 Å². The van der Waals surface area contributed by atoms with Gasteiger partial charge in [0.1, 0.15) is 17.9 Å². The van der Waals surface area contributed by atoms with Crippen LogP contribution >= 0.6 is 0 Å². The van der Waals surface area contributed by atoms with Crippen molar-refractivity contribution >= 4 is 11.7 Å². The second kappa shape index (κ2) is 9.46. The van der Waals surface area contributed by atoms with E-state index >= 15 is 0 Å². The minimum atomic E-state index is -0.508. The van der Waals surface area contributed by atoms with Gasteiger partial charge in [0.05, 0.1) is 12.8 Å². The molecule has 1 aliphatic rings. The number of aryl methyl sites for hydroxylation is 1. The Morgan fingerprint density at radius 2 is 1.81 bits per heavy atom. The van der Waals surface area contributed by atoms with E-state index in [1.54, 1.807) is 18.3 Å². The third-order valence-electron chi connectivity index (χ3n) is 5.46. The van der Waals surface area contributed by atoms with Crippen molar-refractivity contribution in [2.24, 2.45) is 0 Å². The van der Waals surface area contributed by atoms with E-state index in [0.717, 1.165) is 22.8 Å². The van der Waals surface area contributed by atoms with E-state index in [1.807, 2.05) is 30.3 Å². The summed E-state index contributed by atoms with van der Waals surface area (Å²) in [5, 5.41) is 0. The van der Waals surface area contributed by atoms with Gasteiger partial charge in [-0.3, -0.25) is 14.6 Å². The molecule has 1 saturated heterocycles. The van der Waals surface area contributed by atoms with Crippen LogP contribution in [0.2, 0.25) is 0 Å². The quantitative estimate of drug-likeness (QED) is 0.606. The minimum Gasteiger partial charge on any atom is -0.497 e. The summed E-state index contributed by atoms with van der Waals surface area (Å²) >= 11 is 0. The van der Waals surface area contributed by atoms with Gasteiger partial charge in [0.15, 0.2) is 0 Å². The van der Waals surface area contributed by atoms with Crippen molar-refractivity contribution in [1.82, 2.24) is 24.4 Å². The molecule has 3 aromatic rings. The lowest BCUT2D eigenvalue weighted by Crippen LogP contribution is -2.49. The van der Waals surface area contributed by atoms with Crippen molar-refractivity contribution in [1.29, 1.82) is 0 Å². The van der Waals surface area contributed by atoms with Crippen LogP contribution in [0.5, 0.6) is 5.75 Å². The van der Waals surface area contributed by atoms with Gasteiger partial charge in [-0.25, -0.2) is 14.8 Å². The maximum Gasteiger partial charge on any atom is 0.328 e. The zero-order valence-electron chi connectivity index (χ0n) is 17.7. The fourth-order valence-electron chi connectivity index (χ4n) is 3.62. The van der Waals surface area contributed by atoms with Gasteiger partial charge in [-0.05, 0) is 24.3 Å². The predicted octanol–water partition coefficient (Wildman–Crippen LogP) is 0.741. The molecule has 0 bridgehead atoms. The number of carbonyl (C=O) groups is 1. The van der Waals surface area contributed by atoms with E-state index in [-0.39, 0.29) is 18.9 Å². The summed E-state index contributed by atoms with van der Waals surface area (Å²) in [6.45, 7) is 2.68. The summed E-state index contributed by atoms with van der Waals surface area (Å²) in [4.78, 5) is 50.3. The molecule has 10 heteroatoms. The van der Waals surface area contributed by atoms with Crippen LogP contribution in [0.15, 0.2) is 58.5 Å². The van der Waals surface area contributed by atoms with Crippen LogP contribution in [-0.4, -0.2) is 63.6 Å². The summed E-state index contributed by atoms with van der Waals surface area (Å²) in [7, 11) is 1.63. The van der Waals surface area contributed by atoms with Crippen LogP contribution in [0.1, 0.15) is 6.42 Å². The highest BCUT2D eigenvalue weighted by Gasteiger charge is 2.22. The number of hydrogen-bond acceptors (Lipinski definition) is 7. The summed E-state index contributed by atoms with van der Waals surface area (Å²) in [6, 6.07) is 10.9. The first-order valence-corrected chi connectivity index (χ1v) is 10.3. The van der Waals surface area contributed by atoms with Gasteiger partial charge < -0.3 is 19.1 Å². The molecular formula is C22H24N6O4. The molecule has 0 atom stereocenters. The van der Waals surface area contributed by atoms with Crippen LogP contribution in [0, 0.1) is 0 Å². The van der Waals surface area contributed by atoms with Crippen LogP contribution < -0.4 is 20.9 Å². The molecule has 1 aromatic carbocycles. The van der Waals surface area contributed by atoms with Crippen molar-refractivity contribution in [3.63, 3.8) is 0 Å². The molecule has 0 unspecified atom stereocenters. The van der Waals surface area contributed by atoms with E-state index in [4.69, 9.17) is 4.74 Å². The molecule has 3 heterocycles. The average Bonchev–Trinajstić information content (AvgIpc) is 2.83. The minimum absolute atomic E-state index is 0.0237. The largest absolute Gasteiger partial charge is 0.497 e. The first-order chi connectivity index (χ1) is 15.5. The summed E-state index contributed by atoms with van der Waals surface area (Å²) in [6.07, 6.45) is 3.15. The zero-order valence-corrected chi connectivity index (χ0v) is 17.7. The lowest BCUT2D eigenvalue weighted by Gasteiger charge is -2.35. The summed E-state index contributed by atoms with van der Waals surface area (Å²) in [5.41, 5.74) is 0.836. The monoisotopic (exact) mass is 436 g/mol. The van der Waals surface area contributed by atoms with Gasteiger partial charge in [-0.1, -0.05) is 0 Å². The molecule has 10 nitrogen and oxygen atoms in total. The highest BCUT2D eigenvalue weighted by atomic mass is 16.5. The molecule has 1 amide bonds. The Morgan fingerprint density at radius 3 is 2.50 bits per heavy atom. The van der Waals surface area contributed by atoms with Gasteiger partial charge in [-0.15, -0.1) is 0 Å². The molecule has 32 heavy (non-hydrogen) atoms.